The molecule has 35 heavy (non-hydrogen) atoms. The van der Waals surface area contributed by atoms with Crippen LogP contribution in [0.15, 0.2) is 59.9 Å². The molecule has 1 saturated heterocycles. The average molecular weight is 479 g/mol. The zero-order valence-corrected chi connectivity index (χ0v) is 19.3. The summed E-state index contributed by atoms with van der Waals surface area (Å²) in [5.74, 6) is -2.50. The number of benzene rings is 1. The molecule has 0 saturated carbocycles. The summed E-state index contributed by atoms with van der Waals surface area (Å²) in [5.41, 5.74) is 0.627. The summed E-state index contributed by atoms with van der Waals surface area (Å²) in [6, 6.07) is 8.90. The predicted octanol–water partition coefficient (Wildman–Crippen LogP) is 1.94. The van der Waals surface area contributed by atoms with E-state index in [1.54, 1.807) is 30.6 Å². The van der Waals surface area contributed by atoms with Crippen molar-refractivity contribution in [3.63, 3.8) is 0 Å². The first-order valence-corrected chi connectivity index (χ1v) is 11.6. The van der Waals surface area contributed by atoms with Crippen molar-refractivity contribution in [3.05, 3.63) is 54.9 Å². The number of hydrogen-bond donors (Lipinski definition) is 1. The van der Waals surface area contributed by atoms with Crippen LogP contribution in [0.5, 0.6) is 5.75 Å². The third kappa shape index (κ3) is 4.80. The van der Waals surface area contributed by atoms with Crippen LogP contribution in [0.2, 0.25) is 0 Å². The average Bonchev–Trinajstić information content (AvgIpc) is 3.02. The van der Waals surface area contributed by atoms with Crippen LogP contribution in [-0.2, 0) is 19.1 Å². The van der Waals surface area contributed by atoms with Gasteiger partial charge in [-0.25, -0.2) is 24.5 Å². The molecule has 1 unspecified atom stereocenters. The Morgan fingerprint density at radius 2 is 1.69 bits per heavy atom. The normalized spacial score (nSPS) is 21.4. The van der Waals surface area contributed by atoms with Crippen LogP contribution in [0.25, 0.3) is 0 Å². The summed E-state index contributed by atoms with van der Waals surface area (Å²) in [6.07, 6.45) is 6.83. The van der Waals surface area contributed by atoms with Gasteiger partial charge in [0.25, 0.3) is 0 Å². The molecule has 0 bridgehead atoms. The fourth-order valence-corrected chi connectivity index (χ4v) is 4.21. The van der Waals surface area contributed by atoms with Crippen molar-refractivity contribution in [3.8, 4) is 5.75 Å². The zero-order valence-electron chi connectivity index (χ0n) is 19.3. The maximum atomic E-state index is 12.3. The third-order valence-corrected chi connectivity index (χ3v) is 5.90. The number of para-hydroxylation sites is 2. The molecule has 182 valence electrons. The molecule has 4 heterocycles. The number of carbonyl (C=O) groups excluding carboxylic acids is 2. The van der Waals surface area contributed by atoms with E-state index in [1.165, 1.54) is 0 Å². The number of ether oxygens (including phenoxy) is 3. The van der Waals surface area contributed by atoms with Gasteiger partial charge in [-0.1, -0.05) is 25.5 Å². The van der Waals surface area contributed by atoms with Crippen LogP contribution in [-0.4, -0.2) is 71.0 Å². The minimum Gasteiger partial charge on any atom is -0.412 e. The lowest BCUT2D eigenvalue weighted by molar-refractivity contribution is -0.264. The van der Waals surface area contributed by atoms with Gasteiger partial charge in [-0.05, 0) is 24.6 Å². The van der Waals surface area contributed by atoms with Crippen molar-refractivity contribution < 1.29 is 23.8 Å². The summed E-state index contributed by atoms with van der Waals surface area (Å²) in [6.45, 7) is 5.01. The molecule has 11 nitrogen and oxygen atoms in total. The molecule has 1 N–H and O–H groups in total. The summed E-state index contributed by atoms with van der Waals surface area (Å²) in [4.78, 5) is 42.6. The number of nitrogens with one attached hydrogen (secondary N) is 1. The molecule has 1 aromatic heterocycles. The molecule has 0 amide bonds. The summed E-state index contributed by atoms with van der Waals surface area (Å²) >= 11 is 0. The van der Waals surface area contributed by atoms with E-state index in [2.05, 4.69) is 32.0 Å². The van der Waals surface area contributed by atoms with E-state index >= 15 is 0 Å². The number of amidine groups is 1. The second-order valence-corrected chi connectivity index (χ2v) is 8.27. The van der Waals surface area contributed by atoms with Gasteiger partial charge >= 0.3 is 17.9 Å². The molecule has 3 aliphatic heterocycles. The number of esters is 2. The molecule has 2 aromatic rings. The first-order chi connectivity index (χ1) is 17.1. The van der Waals surface area contributed by atoms with Gasteiger partial charge in [0.05, 0.1) is 5.69 Å². The van der Waals surface area contributed by atoms with Gasteiger partial charge in [-0.15, -0.1) is 0 Å². The van der Waals surface area contributed by atoms with E-state index in [0.29, 0.717) is 17.4 Å². The number of hydrogen-bond acceptors (Lipinski definition) is 10. The Labute approximate surface area is 202 Å². The van der Waals surface area contributed by atoms with Gasteiger partial charge in [0, 0.05) is 50.7 Å². The fraction of sp³-hybridized carbons (Fsp3) is 0.375. The van der Waals surface area contributed by atoms with Gasteiger partial charge < -0.3 is 24.4 Å². The topological polar surface area (TPSA) is 118 Å². The zero-order chi connectivity index (χ0) is 24.3. The van der Waals surface area contributed by atoms with Crippen LogP contribution in [0.4, 0.5) is 11.6 Å². The van der Waals surface area contributed by atoms with Crippen molar-refractivity contribution in [2.24, 2.45) is 4.99 Å². The van der Waals surface area contributed by atoms with E-state index in [4.69, 9.17) is 19.2 Å². The monoisotopic (exact) mass is 478 g/mol. The minimum absolute atomic E-state index is 0.105. The molecule has 0 aliphatic carbocycles. The second kappa shape index (κ2) is 9.71. The molecular formula is C24H26N6O5. The highest BCUT2D eigenvalue weighted by molar-refractivity contribution is 6.06. The molecular weight excluding hydrogens is 452 g/mol. The molecule has 1 atom stereocenters. The number of aliphatic imine (C=N–C) groups is 1. The maximum Gasteiger partial charge on any atom is 0.486 e. The highest BCUT2D eigenvalue weighted by Gasteiger charge is 2.52. The Balaban J connectivity index is 1.44. The molecule has 5 rings (SSSR count). The van der Waals surface area contributed by atoms with Crippen LogP contribution >= 0.6 is 0 Å². The highest BCUT2D eigenvalue weighted by atomic mass is 16.9. The van der Waals surface area contributed by atoms with Crippen LogP contribution < -0.4 is 15.0 Å². The smallest absolute Gasteiger partial charge is 0.412 e. The quantitative estimate of drug-likeness (QED) is 0.639. The third-order valence-electron chi connectivity index (χ3n) is 5.90. The molecule has 3 aliphatic rings. The largest absolute Gasteiger partial charge is 0.486 e. The van der Waals surface area contributed by atoms with Crippen LogP contribution in [0.1, 0.15) is 19.8 Å². The lowest BCUT2D eigenvalue weighted by Gasteiger charge is -2.40. The first kappa shape index (κ1) is 22.8. The predicted molar refractivity (Wildman–Crippen MR) is 127 cm³/mol. The van der Waals surface area contributed by atoms with Gasteiger partial charge in [0.15, 0.2) is 5.75 Å². The first-order valence-electron chi connectivity index (χ1n) is 11.6. The SMILES string of the molecule is CCCC(/N=C1\Nc2ccccc2OC12OC(=O)C=CC(=O)O2)N1CCN(c2ncccn2)CC1. The van der Waals surface area contributed by atoms with Gasteiger partial charge in [0.2, 0.25) is 11.8 Å². The van der Waals surface area contributed by atoms with E-state index in [-0.39, 0.29) is 12.0 Å². The lowest BCUT2D eigenvalue weighted by Crippen LogP contribution is -2.57. The van der Waals surface area contributed by atoms with Crippen molar-refractivity contribution >= 4 is 29.4 Å². The Morgan fingerprint density at radius 1 is 1.00 bits per heavy atom. The molecule has 1 aromatic carbocycles. The minimum atomic E-state index is -2.14. The molecule has 1 fully saturated rings. The van der Waals surface area contributed by atoms with E-state index in [0.717, 1.165) is 51.2 Å². The molecule has 1 spiro atoms. The van der Waals surface area contributed by atoms with Crippen molar-refractivity contribution in [2.75, 3.05) is 36.4 Å². The number of carbonyl (C=O) groups is 2. The second-order valence-electron chi connectivity index (χ2n) is 8.27. The van der Waals surface area contributed by atoms with E-state index in [1.807, 2.05) is 12.1 Å². The number of rotatable bonds is 5. The fourth-order valence-electron chi connectivity index (χ4n) is 4.21. The molecule has 11 heteroatoms. The summed E-state index contributed by atoms with van der Waals surface area (Å²) in [7, 11) is 0. The van der Waals surface area contributed by atoms with Gasteiger partial charge in [-0.3, -0.25) is 4.90 Å². The Kier molecular flexibility index (Phi) is 6.32. The van der Waals surface area contributed by atoms with E-state index < -0.39 is 17.9 Å². The van der Waals surface area contributed by atoms with Crippen LogP contribution in [0.3, 0.4) is 0 Å². The van der Waals surface area contributed by atoms with Crippen LogP contribution in [0, 0.1) is 0 Å². The summed E-state index contributed by atoms with van der Waals surface area (Å²) < 4.78 is 17.0. The van der Waals surface area contributed by atoms with Crippen molar-refractivity contribution in [2.45, 2.75) is 31.9 Å². The van der Waals surface area contributed by atoms with Gasteiger partial charge in [0.1, 0.15) is 6.17 Å². The van der Waals surface area contributed by atoms with Crippen molar-refractivity contribution in [1.82, 2.24) is 14.9 Å². The number of nitrogens with zero attached hydrogens (tertiary/aromatic N) is 5. The number of fused-ring (bicyclic) bond motifs is 1. The lowest BCUT2D eigenvalue weighted by atomic mass is 10.2. The maximum absolute atomic E-state index is 12.3. The number of piperazine rings is 1. The highest BCUT2D eigenvalue weighted by Crippen LogP contribution is 2.36. The van der Waals surface area contributed by atoms with Crippen molar-refractivity contribution in [1.29, 1.82) is 0 Å². The summed E-state index contributed by atoms with van der Waals surface area (Å²) in [5, 5.41) is 3.17. The molecule has 0 radical (unpaired) electrons. The standard InChI is InChI=1S/C24H26N6O5/c1-2-6-19(29-13-15-30(16-14-29)23-25-11-5-12-26-23)28-22-24(34-20(31)9-10-21(32)35-24)33-18-8-4-3-7-17(18)27-22/h3-5,7-12,19H,2,6,13-16H2,1H3,(H,27,28). The van der Waals surface area contributed by atoms with Gasteiger partial charge in [-0.2, -0.15) is 0 Å². The Hall–Kier alpha value is -3.99. The number of aromatic nitrogens is 2. The number of anilines is 2. The Bertz CT molecular complexity index is 1130. The Morgan fingerprint density at radius 3 is 2.37 bits per heavy atom. The van der Waals surface area contributed by atoms with E-state index in [9.17, 15) is 9.59 Å².